The Kier molecular flexibility index (Phi) is 4.28. The zero-order valence-corrected chi connectivity index (χ0v) is 10.6. The van der Waals surface area contributed by atoms with E-state index in [1.54, 1.807) is 18.3 Å². The minimum Gasteiger partial charge on any atom is -0.476 e. The highest BCUT2D eigenvalue weighted by Gasteiger charge is 2.10. The molecule has 0 saturated carbocycles. The van der Waals surface area contributed by atoms with Gasteiger partial charge in [-0.05, 0) is 32.0 Å². The van der Waals surface area contributed by atoms with Crippen molar-refractivity contribution in [3.8, 4) is 5.88 Å². The van der Waals surface area contributed by atoms with E-state index in [4.69, 9.17) is 22.7 Å². The molecule has 1 aromatic heterocycles. The first kappa shape index (κ1) is 12.3. The predicted molar refractivity (Wildman–Crippen MR) is 71.3 cm³/mol. The molecule has 92 valence electrons. The summed E-state index contributed by atoms with van der Waals surface area (Å²) in [4.78, 5) is 6.90. The van der Waals surface area contributed by atoms with Gasteiger partial charge in [0, 0.05) is 24.4 Å². The van der Waals surface area contributed by atoms with Crippen molar-refractivity contribution in [3.63, 3.8) is 0 Å². The van der Waals surface area contributed by atoms with E-state index >= 15 is 0 Å². The van der Waals surface area contributed by atoms with Crippen molar-refractivity contribution in [3.05, 3.63) is 23.9 Å². The van der Waals surface area contributed by atoms with E-state index in [0.29, 0.717) is 17.5 Å². The quantitative estimate of drug-likeness (QED) is 0.797. The SMILES string of the molecule is NC(=S)c1ccnc(OCCN2CCCC2)c1. The van der Waals surface area contributed by atoms with Gasteiger partial charge in [0.15, 0.2) is 0 Å². The summed E-state index contributed by atoms with van der Waals surface area (Å²) in [6, 6.07) is 3.57. The molecule has 1 aromatic rings. The van der Waals surface area contributed by atoms with Crippen molar-refractivity contribution in [1.29, 1.82) is 0 Å². The van der Waals surface area contributed by atoms with Gasteiger partial charge in [0.05, 0.1) is 0 Å². The summed E-state index contributed by atoms with van der Waals surface area (Å²) in [5.74, 6) is 0.592. The summed E-state index contributed by atoms with van der Waals surface area (Å²) in [6.45, 7) is 3.99. The van der Waals surface area contributed by atoms with Crippen LogP contribution in [0.5, 0.6) is 5.88 Å². The summed E-state index contributed by atoms with van der Waals surface area (Å²) in [5.41, 5.74) is 6.35. The van der Waals surface area contributed by atoms with Gasteiger partial charge < -0.3 is 10.5 Å². The first-order chi connectivity index (χ1) is 8.25. The second-order valence-electron chi connectivity index (χ2n) is 4.14. The van der Waals surface area contributed by atoms with Gasteiger partial charge in [-0.3, -0.25) is 4.90 Å². The van der Waals surface area contributed by atoms with E-state index in [-0.39, 0.29) is 0 Å². The molecule has 0 spiro atoms. The van der Waals surface area contributed by atoms with Crippen molar-refractivity contribution >= 4 is 17.2 Å². The van der Waals surface area contributed by atoms with Crippen molar-refractivity contribution in [1.82, 2.24) is 9.88 Å². The van der Waals surface area contributed by atoms with Crippen LogP contribution in [-0.2, 0) is 0 Å². The summed E-state index contributed by atoms with van der Waals surface area (Å²) in [7, 11) is 0. The number of ether oxygens (including phenoxy) is 1. The molecular weight excluding hydrogens is 234 g/mol. The van der Waals surface area contributed by atoms with Crippen LogP contribution in [0.4, 0.5) is 0 Å². The maximum Gasteiger partial charge on any atom is 0.213 e. The van der Waals surface area contributed by atoms with Crippen LogP contribution in [0.2, 0.25) is 0 Å². The number of thiocarbonyl (C=S) groups is 1. The van der Waals surface area contributed by atoms with Gasteiger partial charge in [-0.1, -0.05) is 12.2 Å². The average Bonchev–Trinajstić information content (AvgIpc) is 2.82. The van der Waals surface area contributed by atoms with Crippen LogP contribution in [0.3, 0.4) is 0 Å². The third kappa shape index (κ3) is 3.64. The van der Waals surface area contributed by atoms with Crippen LogP contribution in [-0.4, -0.2) is 41.1 Å². The van der Waals surface area contributed by atoms with E-state index < -0.39 is 0 Å². The lowest BCUT2D eigenvalue weighted by atomic mass is 10.3. The van der Waals surface area contributed by atoms with Crippen LogP contribution in [0.15, 0.2) is 18.3 Å². The number of likely N-dealkylation sites (tertiary alicyclic amines) is 1. The number of hydrogen-bond acceptors (Lipinski definition) is 4. The van der Waals surface area contributed by atoms with E-state index in [2.05, 4.69) is 9.88 Å². The molecule has 4 nitrogen and oxygen atoms in total. The fourth-order valence-corrected chi connectivity index (χ4v) is 2.05. The minimum atomic E-state index is 0.372. The molecule has 17 heavy (non-hydrogen) atoms. The molecule has 0 aromatic carbocycles. The van der Waals surface area contributed by atoms with E-state index in [9.17, 15) is 0 Å². The predicted octanol–water partition coefficient (Wildman–Crippen LogP) is 1.19. The Morgan fingerprint density at radius 3 is 2.94 bits per heavy atom. The fourth-order valence-electron chi connectivity index (χ4n) is 1.93. The Hall–Kier alpha value is -1.20. The number of nitrogens with zero attached hydrogens (tertiary/aromatic N) is 2. The molecule has 1 fully saturated rings. The lowest BCUT2D eigenvalue weighted by molar-refractivity contribution is 0.232. The van der Waals surface area contributed by atoms with E-state index in [0.717, 1.165) is 12.1 Å². The molecule has 0 bridgehead atoms. The summed E-state index contributed by atoms with van der Waals surface area (Å²) >= 11 is 4.91. The van der Waals surface area contributed by atoms with Crippen LogP contribution in [0.1, 0.15) is 18.4 Å². The van der Waals surface area contributed by atoms with Crippen LogP contribution in [0, 0.1) is 0 Å². The van der Waals surface area contributed by atoms with Crippen molar-refractivity contribution in [2.45, 2.75) is 12.8 Å². The molecule has 1 aliphatic rings. The van der Waals surface area contributed by atoms with Gasteiger partial charge in [0.1, 0.15) is 11.6 Å². The van der Waals surface area contributed by atoms with Gasteiger partial charge >= 0.3 is 0 Å². The van der Waals surface area contributed by atoms with Crippen LogP contribution in [0.25, 0.3) is 0 Å². The summed E-state index contributed by atoms with van der Waals surface area (Å²) in [5, 5.41) is 0. The molecule has 1 saturated heterocycles. The zero-order valence-electron chi connectivity index (χ0n) is 9.76. The molecule has 0 amide bonds. The molecule has 0 aliphatic carbocycles. The molecule has 1 aliphatic heterocycles. The second-order valence-corrected chi connectivity index (χ2v) is 4.58. The molecule has 0 radical (unpaired) electrons. The van der Waals surface area contributed by atoms with Crippen molar-refractivity contribution in [2.24, 2.45) is 5.73 Å². The number of hydrogen-bond donors (Lipinski definition) is 1. The Morgan fingerprint density at radius 2 is 2.24 bits per heavy atom. The third-order valence-corrected chi connectivity index (χ3v) is 3.11. The van der Waals surface area contributed by atoms with E-state index in [1.165, 1.54) is 25.9 Å². The third-order valence-electron chi connectivity index (χ3n) is 2.88. The van der Waals surface area contributed by atoms with Gasteiger partial charge in [-0.25, -0.2) is 4.98 Å². The number of nitrogens with two attached hydrogens (primary N) is 1. The lowest BCUT2D eigenvalue weighted by Crippen LogP contribution is -2.25. The molecule has 2 rings (SSSR count). The fraction of sp³-hybridized carbons (Fsp3) is 0.500. The smallest absolute Gasteiger partial charge is 0.213 e. The molecule has 2 heterocycles. The lowest BCUT2D eigenvalue weighted by Gasteiger charge is -2.14. The summed E-state index contributed by atoms with van der Waals surface area (Å²) < 4.78 is 5.59. The second kappa shape index (κ2) is 5.93. The first-order valence-electron chi connectivity index (χ1n) is 5.87. The topological polar surface area (TPSA) is 51.4 Å². The Balaban J connectivity index is 1.81. The highest BCUT2D eigenvalue weighted by atomic mass is 32.1. The Morgan fingerprint density at radius 1 is 1.47 bits per heavy atom. The van der Waals surface area contributed by atoms with Crippen molar-refractivity contribution in [2.75, 3.05) is 26.2 Å². The molecule has 0 unspecified atom stereocenters. The van der Waals surface area contributed by atoms with Gasteiger partial charge in [-0.15, -0.1) is 0 Å². The normalized spacial score (nSPS) is 16.0. The molecular formula is C12H17N3OS. The first-order valence-corrected chi connectivity index (χ1v) is 6.27. The largest absolute Gasteiger partial charge is 0.476 e. The standard InChI is InChI=1S/C12H17N3OS/c13-12(17)10-3-4-14-11(9-10)16-8-7-15-5-1-2-6-15/h3-4,9H,1-2,5-8H2,(H2,13,17). The average molecular weight is 251 g/mol. The molecule has 5 heteroatoms. The Labute approximate surface area is 107 Å². The molecule has 0 atom stereocenters. The monoisotopic (exact) mass is 251 g/mol. The van der Waals surface area contributed by atoms with Gasteiger partial charge in [0.25, 0.3) is 0 Å². The van der Waals surface area contributed by atoms with Gasteiger partial charge in [0.2, 0.25) is 5.88 Å². The van der Waals surface area contributed by atoms with E-state index in [1.807, 2.05) is 0 Å². The highest BCUT2D eigenvalue weighted by Crippen LogP contribution is 2.10. The number of rotatable bonds is 5. The minimum absolute atomic E-state index is 0.372. The van der Waals surface area contributed by atoms with Crippen molar-refractivity contribution < 1.29 is 4.74 Å². The highest BCUT2D eigenvalue weighted by molar-refractivity contribution is 7.80. The number of aromatic nitrogens is 1. The maximum atomic E-state index is 5.59. The van der Waals surface area contributed by atoms with Gasteiger partial charge in [-0.2, -0.15) is 0 Å². The van der Waals surface area contributed by atoms with Crippen LogP contribution >= 0.6 is 12.2 Å². The Bertz CT molecular complexity index is 391. The number of pyridine rings is 1. The summed E-state index contributed by atoms with van der Waals surface area (Å²) in [6.07, 6.45) is 4.27. The van der Waals surface area contributed by atoms with Crippen LogP contribution < -0.4 is 10.5 Å². The maximum absolute atomic E-state index is 5.59. The molecule has 2 N–H and O–H groups in total. The zero-order chi connectivity index (χ0) is 12.1.